The van der Waals surface area contributed by atoms with Crippen molar-refractivity contribution in [1.29, 1.82) is 0 Å². The molecule has 65 heavy (non-hydrogen) atoms. The number of nitrogens with two attached hydrogens (primary N) is 2. The summed E-state index contributed by atoms with van der Waals surface area (Å²) in [7, 11) is -3.67. The largest absolute Gasteiger partial charge is 0.477 e. The van der Waals surface area contributed by atoms with E-state index in [1.165, 1.54) is 0 Å². The van der Waals surface area contributed by atoms with Crippen LogP contribution in [0.15, 0.2) is 70.5 Å². The maximum absolute atomic E-state index is 14.8. The van der Waals surface area contributed by atoms with Crippen molar-refractivity contribution in [2.45, 2.75) is 12.1 Å². The minimum Gasteiger partial charge on any atom is -0.477 e. The van der Waals surface area contributed by atoms with Crippen LogP contribution in [0.1, 0.15) is 20.7 Å². The monoisotopic (exact) mass is 928 g/mol. The van der Waals surface area contributed by atoms with Crippen LogP contribution in [0.3, 0.4) is 0 Å². The standard InChI is InChI=1S/2C20H15F3N4O3.CH4O3S/c2*21-8-1-2-15(13(22)3-8)27-7-12(20(29)30)17(28)9-4-14(23)19(25-18(9)27)26-5-10-11(6-26)16(10)24;1-5(2,3)4/h2*1-4,7,10-11,16H,5-6,24H2,(H,29,30);1H3,(H,2,3,4)/t2*10-,11+,16?;. The number of piperidine rings is 2. The predicted octanol–water partition coefficient (Wildman–Crippen LogP) is 3.29. The third kappa shape index (κ3) is 8.47. The van der Waals surface area contributed by atoms with Gasteiger partial charge in [-0.05, 0) is 60.1 Å². The molecule has 2 aromatic carbocycles. The van der Waals surface area contributed by atoms with Gasteiger partial charge in [0.1, 0.15) is 34.4 Å². The number of nitrogens with zero attached hydrogens (tertiary/aromatic N) is 6. The number of anilines is 2. The molecule has 6 aromatic rings. The highest BCUT2D eigenvalue weighted by molar-refractivity contribution is 7.85. The molecule has 0 bridgehead atoms. The lowest BCUT2D eigenvalue weighted by molar-refractivity contribution is 0.0684. The fraction of sp³-hybridized carbons (Fsp3) is 0.268. The Kier molecular flexibility index (Phi) is 11.2. The molecular weight excluding hydrogens is 895 g/mol. The molecule has 340 valence electrons. The van der Waals surface area contributed by atoms with Crippen LogP contribution in [0.2, 0.25) is 0 Å². The van der Waals surface area contributed by atoms with Gasteiger partial charge in [-0.1, -0.05) is 0 Å². The van der Waals surface area contributed by atoms with Crippen LogP contribution in [-0.4, -0.2) is 98.7 Å². The highest BCUT2D eigenvalue weighted by Crippen LogP contribution is 2.46. The number of aromatic carboxylic acids is 2. The fourth-order valence-corrected chi connectivity index (χ4v) is 8.39. The molecule has 0 spiro atoms. The number of halogens is 6. The summed E-state index contributed by atoms with van der Waals surface area (Å²) in [5, 5.41) is 18.1. The number of pyridine rings is 4. The maximum Gasteiger partial charge on any atom is 0.341 e. The number of hydrogen-bond donors (Lipinski definition) is 5. The van der Waals surface area contributed by atoms with Gasteiger partial charge in [0.2, 0.25) is 10.9 Å². The van der Waals surface area contributed by atoms with Gasteiger partial charge in [-0.25, -0.2) is 45.9 Å². The zero-order chi connectivity index (χ0) is 47.1. The summed E-state index contributed by atoms with van der Waals surface area (Å²) in [5.74, 6) is -7.41. The summed E-state index contributed by atoms with van der Waals surface area (Å²) in [5.41, 5.74) is 7.88. The molecule has 6 atom stereocenters. The van der Waals surface area contributed by atoms with Crippen molar-refractivity contribution in [3.05, 3.63) is 127 Å². The zero-order valence-electron chi connectivity index (χ0n) is 33.4. The Bertz CT molecular complexity index is 3020. The number of fused-ring (bicyclic) bond motifs is 4. The Labute approximate surface area is 361 Å². The van der Waals surface area contributed by atoms with Crippen molar-refractivity contribution in [2.75, 3.05) is 42.2 Å². The highest BCUT2D eigenvalue weighted by atomic mass is 32.2. The van der Waals surface area contributed by atoms with Crippen LogP contribution in [0.5, 0.6) is 0 Å². The van der Waals surface area contributed by atoms with Crippen molar-refractivity contribution in [1.82, 2.24) is 19.1 Å². The van der Waals surface area contributed by atoms with Gasteiger partial charge in [-0.2, -0.15) is 8.42 Å². The molecule has 17 nitrogen and oxygen atoms in total. The number of carbonyl (C=O) groups is 2. The molecule has 7 N–H and O–H groups in total. The van der Waals surface area contributed by atoms with Crippen molar-refractivity contribution in [3.63, 3.8) is 0 Å². The first-order valence-corrected chi connectivity index (χ1v) is 21.2. The molecule has 24 heteroatoms. The summed E-state index contributed by atoms with van der Waals surface area (Å²) in [4.78, 5) is 60.1. The van der Waals surface area contributed by atoms with E-state index in [2.05, 4.69) is 9.97 Å². The van der Waals surface area contributed by atoms with Gasteiger partial charge < -0.3 is 31.5 Å². The van der Waals surface area contributed by atoms with Crippen molar-refractivity contribution in [3.8, 4) is 11.4 Å². The molecule has 6 heterocycles. The zero-order valence-corrected chi connectivity index (χ0v) is 34.2. The predicted molar refractivity (Wildman–Crippen MR) is 220 cm³/mol. The molecule has 10 rings (SSSR count). The van der Waals surface area contributed by atoms with Crippen molar-refractivity contribution in [2.24, 2.45) is 35.1 Å². The van der Waals surface area contributed by atoms with E-state index in [-0.39, 0.29) is 80.8 Å². The molecule has 0 amide bonds. The lowest BCUT2D eigenvalue weighted by Gasteiger charge is -2.22. The molecule has 2 saturated carbocycles. The molecule has 2 unspecified atom stereocenters. The SMILES string of the molecule is CS(=O)(=O)O.NC1[C@H]2CN(c3nc4c(cc3F)c(=O)c(C(=O)O)cn4-c3ccc(F)cc3F)C[C@@H]12.NC1[C@H]2CN(c3nc4c(cc3F)c(=O)c(C(=O)O)cn4-c3ccc(F)cc3F)C[C@@H]12. The average molecular weight is 929 g/mol. The van der Waals surface area contributed by atoms with E-state index in [1.807, 2.05) is 0 Å². The quantitative estimate of drug-likeness (QED) is 0.119. The lowest BCUT2D eigenvalue weighted by Crippen LogP contribution is -2.30. The number of aromatic nitrogens is 4. The van der Waals surface area contributed by atoms with Gasteiger partial charge in [-0.3, -0.25) is 23.3 Å². The molecule has 4 aromatic heterocycles. The van der Waals surface area contributed by atoms with Crippen LogP contribution in [0.4, 0.5) is 38.0 Å². The molecule has 2 aliphatic heterocycles. The first kappa shape index (κ1) is 44.7. The third-order valence-electron chi connectivity index (χ3n) is 11.7. The van der Waals surface area contributed by atoms with E-state index < -0.39 is 78.9 Å². The van der Waals surface area contributed by atoms with Crippen LogP contribution in [0.25, 0.3) is 33.4 Å². The van der Waals surface area contributed by atoms with Crippen molar-refractivity contribution >= 4 is 55.8 Å². The Balaban J connectivity index is 0.000000161. The summed E-state index contributed by atoms with van der Waals surface area (Å²) >= 11 is 0. The van der Waals surface area contributed by atoms with Gasteiger partial charge in [0.15, 0.2) is 34.6 Å². The molecule has 0 radical (unpaired) electrons. The molecule has 2 aliphatic carbocycles. The van der Waals surface area contributed by atoms with Gasteiger partial charge in [0, 0.05) is 62.8 Å². The van der Waals surface area contributed by atoms with E-state index in [0.717, 1.165) is 57.9 Å². The number of hydrogen-bond acceptors (Lipinski definition) is 12. The van der Waals surface area contributed by atoms with Crippen molar-refractivity contribution < 1.29 is 59.1 Å². The number of benzene rings is 2. The molecule has 4 fully saturated rings. The van der Waals surface area contributed by atoms with E-state index in [1.54, 1.807) is 9.80 Å². The van der Waals surface area contributed by atoms with E-state index in [0.29, 0.717) is 44.6 Å². The van der Waals surface area contributed by atoms with Gasteiger partial charge in [0.05, 0.1) is 28.4 Å². The Morgan fingerprint density at radius 3 is 1.23 bits per heavy atom. The Hall–Kier alpha value is -6.89. The molecule has 2 saturated heterocycles. The van der Waals surface area contributed by atoms with Gasteiger partial charge >= 0.3 is 11.9 Å². The summed E-state index contributed by atoms with van der Waals surface area (Å²) in [6.45, 7) is 2.01. The second-order valence-electron chi connectivity index (χ2n) is 16.0. The fourth-order valence-electron chi connectivity index (χ4n) is 8.39. The van der Waals surface area contributed by atoms with Crippen LogP contribution < -0.4 is 32.1 Å². The second-order valence-corrected chi connectivity index (χ2v) is 17.4. The van der Waals surface area contributed by atoms with Crippen LogP contribution in [0, 0.1) is 58.6 Å². The molecule has 4 aliphatic rings. The van der Waals surface area contributed by atoms with E-state index in [4.69, 9.17) is 16.0 Å². The number of carboxylic acid groups (broad SMARTS) is 2. The minimum atomic E-state index is -3.67. The normalized spacial score (nSPS) is 21.6. The van der Waals surface area contributed by atoms with E-state index in [9.17, 15) is 64.2 Å². The number of carboxylic acids is 2. The van der Waals surface area contributed by atoms with Gasteiger partial charge in [-0.15, -0.1) is 0 Å². The number of rotatable bonds is 6. The minimum absolute atomic E-state index is 0.0272. The summed E-state index contributed by atoms with van der Waals surface area (Å²) in [6.07, 6.45) is 2.54. The first-order valence-electron chi connectivity index (χ1n) is 19.3. The summed E-state index contributed by atoms with van der Waals surface area (Å²) < 4.78 is 113. The second kappa shape index (κ2) is 16.3. The van der Waals surface area contributed by atoms with Crippen LogP contribution >= 0.6 is 0 Å². The molecular formula is C41H34F6N8O9S. The van der Waals surface area contributed by atoms with Crippen LogP contribution in [-0.2, 0) is 10.1 Å². The first-order chi connectivity index (χ1) is 30.5. The average Bonchev–Trinajstić information content (AvgIpc) is 3.76. The lowest BCUT2D eigenvalue weighted by atomic mass is 10.1. The third-order valence-corrected chi connectivity index (χ3v) is 11.7. The topological polar surface area (TPSA) is 257 Å². The Morgan fingerprint density at radius 1 is 0.615 bits per heavy atom. The maximum atomic E-state index is 14.8. The summed E-state index contributed by atoms with van der Waals surface area (Å²) in [6, 6.07) is 7.39. The van der Waals surface area contributed by atoms with Gasteiger partial charge in [0.25, 0.3) is 10.1 Å². The smallest absolute Gasteiger partial charge is 0.341 e. The van der Waals surface area contributed by atoms with E-state index >= 15 is 0 Å². The highest BCUT2D eigenvalue weighted by Gasteiger charge is 2.55. The Morgan fingerprint density at radius 2 is 0.938 bits per heavy atom.